The Balaban J connectivity index is 1.34. The van der Waals surface area contributed by atoms with Gasteiger partial charge in [0.1, 0.15) is 5.75 Å². The monoisotopic (exact) mass is 500 g/mol. The van der Waals surface area contributed by atoms with Gasteiger partial charge in [0.25, 0.3) is 5.91 Å². The van der Waals surface area contributed by atoms with Crippen molar-refractivity contribution >= 4 is 29.1 Å². The predicted octanol–water partition coefficient (Wildman–Crippen LogP) is 4.17. The molecule has 1 fully saturated rings. The lowest BCUT2D eigenvalue weighted by molar-refractivity contribution is -0.124. The number of nitrogens with one attached hydrogen (secondary N) is 2. The minimum atomic E-state index is -0.222. The second-order valence-electron chi connectivity index (χ2n) is 8.15. The van der Waals surface area contributed by atoms with E-state index in [2.05, 4.69) is 20.6 Å². The predicted molar refractivity (Wildman–Crippen MR) is 133 cm³/mol. The van der Waals surface area contributed by atoms with Crippen molar-refractivity contribution in [2.45, 2.75) is 18.9 Å². The molecule has 3 aromatic rings. The first-order chi connectivity index (χ1) is 16.5. The Bertz CT molecular complexity index is 1100. The highest BCUT2D eigenvalue weighted by Crippen LogP contribution is 2.25. The van der Waals surface area contributed by atoms with E-state index < -0.39 is 0 Å². The highest BCUT2D eigenvalue weighted by Gasteiger charge is 2.27. The van der Waals surface area contributed by atoms with E-state index in [0.717, 1.165) is 42.0 Å². The maximum absolute atomic E-state index is 12.7. The molecule has 7 nitrogen and oxygen atoms in total. The van der Waals surface area contributed by atoms with E-state index in [-0.39, 0.29) is 24.6 Å². The third-order valence-electron chi connectivity index (χ3n) is 5.84. The summed E-state index contributed by atoms with van der Waals surface area (Å²) in [7, 11) is 1.63. The quantitative estimate of drug-likeness (QED) is 0.458. The van der Waals surface area contributed by atoms with Gasteiger partial charge in [-0.2, -0.15) is 0 Å². The van der Waals surface area contributed by atoms with Crippen molar-refractivity contribution < 1.29 is 14.3 Å². The van der Waals surface area contributed by atoms with E-state index in [4.69, 9.17) is 32.7 Å². The van der Waals surface area contributed by atoms with Crippen molar-refractivity contribution in [2.24, 2.45) is 5.92 Å². The Morgan fingerprint density at radius 2 is 1.88 bits per heavy atom. The molecule has 2 N–H and O–H groups in total. The van der Waals surface area contributed by atoms with Crippen LogP contribution in [0.1, 0.15) is 12.0 Å². The molecule has 4 rings (SSSR count). The molecule has 1 aliphatic rings. The normalized spacial score (nSPS) is 16.1. The van der Waals surface area contributed by atoms with Gasteiger partial charge in [0.05, 0.1) is 17.2 Å². The summed E-state index contributed by atoms with van der Waals surface area (Å²) in [6.07, 6.45) is 4.98. The average molecular weight is 501 g/mol. The number of rotatable bonds is 9. The SMILES string of the molecule is COc1ccc(-c2cnc(OCC(=O)NC(Cc3ccc(Cl)c(Cl)c3)C3CCNC3)nc2)cc1. The number of amides is 1. The van der Waals surface area contributed by atoms with Crippen molar-refractivity contribution in [3.8, 4) is 22.9 Å². The zero-order chi connectivity index (χ0) is 23.9. The fourth-order valence-electron chi connectivity index (χ4n) is 3.98. The van der Waals surface area contributed by atoms with E-state index in [0.29, 0.717) is 22.4 Å². The second-order valence-corrected chi connectivity index (χ2v) is 8.97. The molecule has 1 aromatic heterocycles. The van der Waals surface area contributed by atoms with Gasteiger partial charge in [0, 0.05) is 24.0 Å². The Morgan fingerprint density at radius 3 is 2.53 bits per heavy atom. The van der Waals surface area contributed by atoms with Gasteiger partial charge < -0.3 is 20.1 Å². The van der Waals surface area contributed by atoms with Crippen LogP contribution in [0.15, 0.2) is 54.9 Å². The van der Waals surface area contributed by atoms with Gasteiger partial charge in [-0.15, -0.1) is 0 Å². The van der Waals surface area contributed by atoms with Crippen LogP contribution in [0.2, 0.25) is 10.0 Å². The van der Waals surface area contributed by atoms with Gasteiger partial charge in [-0.3, -0.25) is 4.79 Å². The van der Waals surface area contributed by atoms with Crippen LogP contribution in [0.5, 0.6) is 11.8 Å². The molecule has 0 spiro atoms. The molecule has 34 heavy (non-hydrogen) atoms. The number of halogens is 2. The van der Waals surface area contributed by atoms with Crippen LogP contribution in [-0.4, -0.2) is 48.7 Å². The van der Waals surface area contributed by atoms with Gasteiger partial charge in [0.15, 0.2) is 6.61 Å². The first-order valence-electron chi connectivity index (χ1n) is 11.0. The Morgan fingerprint density at radius 1 is 1.12 bits per heavy atom. The van der Waals surface area contributed by atoms with Crippen molar-refractivity contribution in [2.75, 3.05) is 26.8 Å². The number of hydrogen-bond acceptors (Lipinski definition) is 6. The lowest BCUT2D eigenvalue weighted by atomic mass is 9.92. The molecule has 2 unspecified atom stereocenters. The topological polar surface area (TPSA) is 85.4 Å². The molecular weight excluding hydrogens is 475 g/mol. The van der Waals surface area contributed by atoms with Crippen LogP contribution < -0.4 is 20.1 Å². The number of carbonyl (C=O) groups excluding carboxylic acids is 1. The molecular formula is C25H26Cl2N4O3. The molecule has 1 aliphatic heterocycles. The summed E-state index contributed by atoms with van der Waals surface area (Å²) in [6, 6.07) is 13.3. The fourth-order valence-corrected chi connectivity index (χ4v) is 4.30. The zero-order valence-corrected chi connectivity index (χ0v) is 20.3. The van der Waals surface area contributed by atoms with E-state index in [1.165, 1.54) is 0 Å². The molecule has 9 heteroatoms. The molecule has 2 aromatic carbocycles. The van der Waals surface area contributed by atoms with Crippen molar-refractivity contribution in [1.82, 2.24) is 20.6 Å². The molecule has 1 saturated heterocycles. The van der Waals surface area contributed by atoms with Crippen molar-refractivity contribution in [3.05, 3.63) is 70.5 Å². The second kappa shape index (κ2) is 11.5. The summed E-state index contributed by atoms with van der Waals surface area (Å²) >= 11 is 12.2. The molecule has 1 amide bonds. The largest absolute Gasteiger partial charge is 0.497 e. The van der Waals surface area contributed by atoms with E-state index in [1.807, 2.05) is 36.4 Å². The molecule has 0 saturated carbocycles. The van der Waals surface area contributed by atoms with Gasteiger partial charge in [-0.25, -0.2) is 9.97 Å². The van der Waals surface area contributed by atoms with Crippen LogP contribution >= 0.6 is 23.2 Å². The Labute approximate surface area is 208 Å². The number of methoxy groups -OCH3 is 1. The summed E-state index contributed by atoms with van der Waals surface area (Å²) in [6.45, 7) is 1.62. The van der Waals surface area contributed by atoms with Gasteiger partial charge in [-0.1, -0.05) is 41.4 Å². The smallest absolute Gasteiger partial charge is 0.316 e. The van der Waals surface area contributed by atoms with Crippen LogP contribution in [-0.2, 0) is 11.2 Å². The minimum absolute atomic E-state index is 0.0540. The van der Waals surface area contributed by atoms with Gasteiger partial charge >= 0.3 is 6.01 Å². The van der Waals surface area contributed by atoms with Gasteiger partial charge in [-0.05, 0) is 67.2 Å². The van der Waals surface area contributed by atoms with Crippen molar-refractivity contribution in [3.63, 3.8) is 0 Å². The summed E-state index contributed by atoms with van der Waals surface area (Å²) in [4.78, 5) is 21.1. The Hall–Kier alpha value is -2.87. The first kappa shape index (κ1) is 24.3. The first-order valence-corrected chi connectivity index (χ1v) is 11.8. The van der Waals surface area contributed by atoms with E-state index >= 15 is 0 Å². The van der Waals surface area contributed by atoms with E-state index in [1.54, 1.807) is 25.6 Å². The number of aromatic nitrogens is 2. The van der Waals surface area contributed by atoms with Crippen LogP contribution in [0.3, 0.4) is 0 Å². The fraction of sp³-hybridized carbons (Fsp3) is 0.320. The highest BCUT2D eigenvalue weighted by atomic mass is 35.5. The lowest BCUT2D eigenvalue weighted by Crippen LogP contribution is -2.44. The molecule has 2 atom stereocenters. The lowest BCUT2D eigenvalue weighted by Gasteiger charge is -2.24. The number of hydrogen-bond donors (Lipinski definition) is 2. The summed E-state index contributed by atoms with van der Waals surface area (Å²) in [5.74, 6) is 0.875. The number of benzene rings is 2. The summed E-state index contributed by atoms with van der Waals surface area (Å²) in [5, 5.41) is 7.49. The van der Waals surface area contributed by atoms with Gasteiger partial charge in [0.2, 0.25) is 0 Å². The van der Waals surface area contributed by atoms with E-state index in [9.17, 15) is 4.79 Å². The summed E-state index contributed by atoms with van der Waals surface area (Å²) < 4.78 is 10.7. The maximum Gasteiger partial charge on any atom is 0.316 e. The van der Waals surface area contributed by atoms with Crippen molar-refractivity contribution in [1.29, 1.82) is 0 Å². The highest BCUT2D eigenvalue weighted by molar-refractivity contribution is 6.42. The zero-order valence-electron chi connectivity index (χ0n) is 18.8. The molecule has 2 heterocycles. The number of nitrogens with zero attached hydrogens (tertiary/aromatic N) is 2. The summed E-state index contributed by atoms with van der Waals surface area (Å²) in [5.41, 5.74) is 2.82. The van der Waals surface area contributed by atoms with Crippen LogP contribution in [0.25, 0.3) is 11.1 Å². The average Bonchev–Trinajstić information content (AvgIpc) is 3.40. The number of carbonyl (C=O) groups is 1. The minimum Gasteiger partial charge on any atom is -0.497 e. The third-order valence-corrected chi connectivity index (χ3v) is 6.58. The standard InChI is InChI=1S/C25H26Cl2N4O3/c1-33-20-5-3-17(4-6-20)19-13-29-25(30-14-19)34-15-24(32)31-23(18-8-9-28-12-18)11-16-2-7-21(26)22(27)10-16/h2-7,10,13-14,18,23,28H,8-9,11-12,15H2,1H3,(H,31,32). The molecule has 0 bridgehead atoms. The number of ether oxygens (including phenoxy) is 2. The molecule has 178 valence electrons. The maximum atomic E-state index is 12.7. The third kappa shape index (κ3) is 6.38. The molecule has 0 radical (unpaired) electrons. The van der Waals surface area contributed by atoms with Crippen LogP contribution in [0.4, 0.5) is 0 Å². The molecule has 0 aliphatic carbocycles. The Kier molecular flexibility index (Phi) is 8.21. The van der Waals surface area contributed by atoms with Crippen LogP contribution in [0, 0.1) is 5.92 Å².